The van der Waals surface area contributed by atoms with Crippen LogP contribution in [0.5, 0.6) is 5.75 Å². The van der Waals surface area contributed by atoms with Crippen molar-refractivity contribution in [3.8, 4) is 5.75 Å². The maximum atomic E-state index is 11.9. The minimum absolute atomic E-state index is 0.0364. The van der Waals surface area contributed by atoms with Gasteiger partial charge < -0.3 is 13.9 Å². The van der Waals surface area contributed by atoms with Gasteiger partial charge in [0.25, 0.3) is 0 Å². The Balaban J connectivity index is 1.52. The standard InChI is InChI=1S/C21H18N2O5/c1-13-10-20(25)27-18-11-16(8-9-17(13)18)26-12-19-22-23(14(2)24)21(28-19)15-6-4-3-5-7-15/h3-11,21H,12H2,1-2H3/t21-/m0/s1. The average Bonchev–Trinajstić information content (AvgIpc) is 3.11. The van der Waals surface area contributed by atoms with Crippen LogP contribution in [0.1, 0.15) is 24.3 Å². The first kappa shape index (κ1) is 17.8. The van der Waals surface area contributed by atoms with E-state index in [0.717, 1.165) is 16.5 Å². The van der Waals surface area contributed by atoms with Gasteiger partial charge in [-0.1, -0.05) is 30.3 Å². The highest BCUT2D eigenvalue weighted by atomic mass is 16.6. The van der Waals surface area contributed by atoms with Crippen molar-refractivity contribution in [2.24, 2.45) is 5.10 Å². The van der Waals surface area contributed by atoms with Crippen LogP contribution in [-0.4, -0.2) is 23.4 Å². The molecule has 0 aliphatic carbocycles. The zero-order chi connectivity index (χ0) is 19.7. The number of rotatable bonds is 4. The second-order valence-corrected chi connectivity index (χ2v) is 6.43. The van der Waals surface area contributed by atoms with Crippen LogP contribution in [0.2, 0.25) is 0 Å². The van der Waals surface area contributed by atoms with Crippen LogP contribution in [0.25, 0.3) is 11.0 Å². The van der Waals surface area contributed by atoms with Crippen LogP contribution in [0, 0.1) is 6.92 Å². The number of hydrogen-bond donors (Lipinski definition) is 0. The summed E-state index contributed by atoms with van der Waals surface area (Å²) in [5.41, 5.74) is 1.70. The van der Waals surface area contributed by atoms with Gasteiger partial charge in [-0.25, -0.2) is 4.79 Å². The van der Waals surface area contributed by atoms with Crippen LogP contribution in [0.4, 0.5) is 0 Å². The summed E-state index contributed by atoms with van der Waals surface area (Å²) in [6, 6.07) is 16.1. The summed E-state index contributed by atoms with van der Waals surface area (Å²) in [7, 11) is 0. The molecule has 7 nitrogen and oxygen atoms in total. The van der Waals surface area contributed by atoms with Crippen molar-refractivity contribution in [2.75, 3.05) is 6.61 Å². The number of carbonyl (C=O) groups excluding carboxylic acids is 1. The predicted octanol–water partition coefficient (Wildman–Crippen LogP) is 3.37. The Bertz CT molecular complexity index is 1120. The second kappa shape index (κ2) is 7.19. The average molecular weight is 378 g/mol. The third kappa shape index (κ3) is 3.46. The third-order valence-corrected chi connectivity index (χ3v) is 4.38. The summed E-state index contributed by atoms with van der Waals surface area (Å²) in [6.07, 6.45) is -0.616. The van der Waals surface area contributed by atoms with E-state index in [1.165, 1.54) is 18.0 Å². The lowest BCUT2D eigenvalue weighted by Gasteiger charge is -2.19. The van der Waals surface area contributed by atoms with Gasteiger partial charge in [0.15, 0.2) is 6.61 Å². The number of hydrogen-bond acceptors (Lipinski definition) is 6. The number of fused-ring (bicyclic) bond motifs is 1. The van der Waals surface area contributed by atoms with Crippen molar-refractivity contribution >= 4 is 22.8 Å². The zero-order valence-corrected chi connectivity index (χ0v) is 15.4. The van der Waals surface area contributed by atoms with Crippen molar-refractivity contribution in [3.05, 3.63) is 76.1 Å². The third-order valence-electron chi connectivity index (χ3n) is 4.38. The molecule has 2 aromatic carbocycles. The summed E-state index contributed by atoms with van der Waals surface area (Å²) >= 11 is 0. The van der Waals surface area contributed by atoms with Crippen LogP contribution in [-0.2, 0) is 9.53 Å². The molecule has 0 saturated heterocycles. The quantitative estimate of drug-likeness (QED) is 0.650. The van der Waals surface area contributed by atoms with Crippen molar-refractivity contribution in [2.45, 2.75) is 20.1 Å². The topological polar surface area (TPSA) is 81.3 Å². The summed E-state index contributed by atoms with van der Waals surface area (Å²) < 4.78 is 16.8. The van der Waals surface area contributed by atoms with E-state index >= 15 is 0 Å². The van der Waals surface area contributed by atoms with Gasteiger partial charge in [-0.3, -0.25) is 4.79 Å². The number of ether oxygens (including phenoxy) is 2. The summed E-state index contributed by atoms with van der Waals surface area (Å²) in [4.78, 5) is 23.5. The second-order valence-electron chi connectivity index (χ2n) is 6.43. The largest absolute Gasteiger partial charge is 0.484 e. The molecule has 2 heterocycles. The Hall–Kier alpha value is -3.61. The summed E-state index contributed by atoms with van der Waals surface area (Å²) in [5, 5.41) is 6.36. The lowest BCUT2D eigenvalue weighted by molar-refractivity contribution is -0.135. The predicted molar refractivity (Wildman–Crippen MR) is 103 cm³/mol. The van der Waals surface area contributed by atoms with Crippen molar-refractivity contribution in [1.29, 1.82) is 0 Å². The molecule has 28 heavy (non-hydrogen) atoms. The van der Waals surface area contributed by atoms with E-state index in [4.69, 9.17) is 13.9 Å². The van der Waals surface area contributed by atoms with Gasteiger partial charge in [0.05, 0.1) is 0 Å². The Kier molecular flexibility index (Phi) is 4.57. The molecule has 0 saturated carbocycles. The maximum Gasteiger partial charge on any atom is 0.336 e. The number of nitrogens with zero attached hydrogens (tertiary/aromatic N) is 2. The lowest BCUT2D eigenvalue weighted by Crippen LogP contribution is -2.25. The number of hydrazone groups is 1. The fourth-order valence-electron chi connectivity index (χ4n) is 3.04. The van der Waals surface area contributed by atoms with Crippen LogP contribution >= 0.6 is 0 Å². The molecule has 142 valence electrons. The van der Waals surface area contributed by atoms with Crippen LogP contribution < -0.4 is 10.4 Å². The summed E-state index contributed by atoms with van der Waals surface area (Å²) in [5.74, 6) is 0.562. The van der Waals surface area contributed by atoms with Crippen molar-refractivity contribution in [3.63, 3.8) is 0 Å². The number of aryl methyl sites for hydroxylation is 1. The van der Waals surface area contributed by atoms with E-state index in [1.807, 2.05) is 43.3 Å². The molecule has 0 N–H and O–H groups in total. The molecule has 1 aliphatic rings. The molecule has 0 fully saturated rings. The molecule has 1 atom stereocenters. The minimum atomic E-state index is -0.616. The zero-order valence-electron chi connectivity index (χ0n) is 15.4. The highest BCUT2D eigenvalue weighted by Gasteiger charge is 2.32. The van der Waals surface area contributed by atoms with Crippen LogP contribution in [0.15, 0.2) is 68.9 Å². The monoisotopic (exact) mass is 378 g/mol. The van der Waals surface area contributed by atoms with Gasteiger partial charge in [-0.2, -0.15) is 5.01 Å². The molecule has 1 amide bonds. The minimum Gasteiger partial charge on any atom is -0.484 e. The van der Waals surface area contributed by atoms with E-state index in [2.05, 4.69) is 5.10 Å². The molecular formula is C21H18N2O5. The first-order valence-corrected chi connectivity index (χ1v) is 8.77. The van der Waals surface area contributed by atoms with Gasteiger partial charge in [-0.15, -0.1) is 5.10 Å². The molecule has 0 bridgehead atoms. The van der Waals surface area contributed by atoms with E-state index in [9.17, 15) is 9.59 Å². The maximum absolute atomic E-state index is 11.9. The van der Waals surface area contributed by atoms with Gasteiger partial charge in [-0.05, 0) is 24.6 Å². The molecule has 0 radical (unpaired) electrons. The molecule has 7 heteroatoms. The molecule has 3 aromatic rings. The number of carbonyl (C=O) groups is 1. The Morgan fingerprint density at radius 2 is 1.96 bits per heavy atom. The summed E-state index contributed by atoms with van der Waals surface area (Å²) in [6.45, 7) is 3.32. The molecule has 1 aromatic heterocycles. The van der Waals surface area contributed by atoms with E-state index < -0.39 is 11.9 Å². The smallest absolute Gasteiger partial charge is 0.336 e. The van der Waals surface area contributed by atoms with E-state index in [-0.39, 0.29) is 18.4 Å². The van der Waals surface area contributed by atoms with Gasteiger partial charge >= 0.3 is 5.63 Å². The number of amides is 1. The van der Waals surface area contributed by atoms with E-state index in [1.54, 1.807) is 12.1 Å². The van der Waals surface area contributed by atoms with Crippen molar-refractivity contribution in [1.82, 2.24) is 5.01 Å². The van der Waals surface area contributed by atoms with Crippen molar-refractivity contribution < 1.29 is 18.7 Å². The van der Waals surface area contributed by atoms with E-state index in [0.29, 0.717) is 11.3 Å². The molecular weight excluding hydrogens is 360 g/mol. The molecule has 0 unspecified atom stereocenters. The Labute approximate surface area is 160 Å². The Morgan fingerprint density at radius 3 is 2.71 bits per heavy atom. The van der Waals surface area contributed by atoms with Crippen LogP contribution in [0.3, 0.4) is 0 Å². The normalized spacial score (nSPS) is 16.0. The highest BCUT2D eigenvalue weighted by Crippen LogP contribution is 2.28. The molecule has 4 rings (SSSR count). The molecule has 1 aliphatic heterocycles. The lowest BCUT2D eigenvalue weighted by atomic mass is 10.1. The Morgan fingerprint density at radius 1 is 1.18 bits per heavy atom. The first-order chi connectivity index (χ1) is 13.5. The van der Waals surface area contributed by atoms with Gasteiger partial charge in [0.1, 0.15) is 11.3 Å². The fourth-order valence-corrected chi connectivity index (χ4v) is 3.04. The molecule has 0 spiro atoms. The van der Waals surface area contributed by atoms with Gasteiger partial charge in [0.2, 0.25) is 18.0 Å². The fraction of sp³-hybridized carbons (Fsp3) is 0.190. The van der Waals surface area contributed by atoms with Gasteiger partial charge in [0, 0.05) is 30.0 Å². The first-order valence-electron chi connectivity index (χ1n) is 8.77. The SMILES string of the molecule is CC(=O)N1N=C(COc2ccc3c(C)cc(=O)oc3c2)O[C@H]1c1ccccc1. The number of benzene rings is 2. The highest BCUT2D eigenvalue weighted by molar-refractivity contribution is 5.84.